The molecular formula is C7H15NO5. The van der Waals surface area contributed by atoms with Gasteiger partial charge in [-0.25, -0.2) is 0 Å². The van der Waals surface area contributed by atoms with Crippen molar-refractivity contribution in [1.82, 2.24) is 0 Å². The Morgan fingerprint density at radius 2 is 2.00 bits per heavy atom. The van der Waals surface area contributed by atoms with Gasteiger partial charge in [0.25, 0.3) is 0 Å². The Morgan fingerprint density at radius 1 is 1.46 bits per heavy atom. The van der Waals surface area contributed by atoms with Gasteiger partial charge in [-0.3, -0.25) is 10.1 Å². The molecule has 78 valence electrons. The number of nitrogens with zero attached hydrogens (tertiary/aromatic N) is 1. The molecule has 0 bridgehead atoms. The van der Waals surface area contributed by atoms with E-state index in [9.17, 15) is 15.2 Å². The summed E-state index contributed by atoms with van der Waals surface area (Å²) in [5, 5.41) is 28.7. The molecule has 0 amide bonds. The van der Waals surface area contributed by atoms with Crippen LogP contribution in [0.2, 0.25) is 0 Å². The van der Waals surface area contributed by atoms with Gasteiger partial charge in [0.15, 0.2) is 12.4 Å². The van der Waals surface area contributed by atoms with Gasteiger partial charge in [-0.2, -0.15) is 0 Å². The molecule has 3 atom stereocenters. The number of aliphatic hydroxyl groups is 2. The van der Waals surface area contributed by atoms with Crippen molar-refractivity contribution in [3.63, 3.8) is 0 Å². The van der Waals surface area contributed by atoms with Gasteiger partial charge in [0.2, 0.25) is 6.04 Å². The molecule has 0 rings (SSSR count). The van der Waals surface area contributed by atoms with Crippen LogP contribution in [0.25, 0.3) is 0 Å². The third-order valence-electron chi connectivity index (χ3n) is 1.71. The Labute approximate surface area is 76.3 Å². The summed E-state index contributed by atoms with van der Waals surface area (Å²) in [6.45, 7) is 3.39. The number of hydrogen-bond acceptors (Lipinski definition) is 5. The van der Waals surface area contributed by atoms with Crippen LogP contribution in [-0.4, -0.2) is 40.2 Å². The standard InChI is InChI=1S/C7H15NO5/c1-3-5(8(11)12)6(9)7(10)13-4-2/h5-7,9-10H,3-4H2,1-2H3/t5?,6?,7-/m0/s1. The summed E-state index contributed by atoms with van der Waals surface area (Å²) < 4.78 is 4.64. The van der Waals surface area contributed by atoms with E-state index >= 15 is 0 Å². The first-order valence-electron chi connectivity index (χ1n) is 4.15. The smallest absolute Gasteiger partial charge is 0.243 e. The van der Waals surface area contributed by atoms with Crippen molar-refractivity contribution in [3.05, 3.63) is 10.1 Å². The van der Waals surface area contributed by atoms with Crippen LogP contribution in [0.3, 0.4) is 0 Å². The molecule has 0 fully saturated rings. The Kier molecular flexibility index (Phi) is 5.52. The van der Waals surface area contributed by atoms with Gasteiger partial charge in [0.1, 0.15) is 0 Å². The zero-order valence-corrected chi connectivity index (χ0v) is 7.71. The van der Waals surface area contributed by atoms with Crippen LogP contribution in [0.5, 0.6) is 0 Å². The average Bonchev–Trinajstić information content (AvgIpc) is 2.05. The van der Waals surface area contributed by atoms with Gasteiger partial charge < -0.3 is 14.9 Å². The summed E-state index contributed by atoms with van der Waals surface area (Å²) in [7, 11) is 0. The highest BCUT2D eigenvalue weighted by Crippen LogP contribution is 2.08. The van der Waals surface area contributed by atoms with E-state index in [-0.39, 0.29) is 13.0 Å². The molecule has 6 heteroatoms. The van der Waals surface area contributed by atoms with E-state index in [0.717, 1.165) is 0 Å². The molecule has 0 spiro atoms. The van der Waals surface area contributed by atoms with Gasteiger partial charge in [-0.15, -0.1) is 0 Å². The van der Waals surface area contributed by atoms with E-state index < -0.39 is 23.4 Å². The van der Waals surface area contributed by atoms with Crippen molar-refractivity contribution in [2.75, 3.05) is 6.61 Å². The lowest BCUT2D eigenvalue weighted by Crippen LogP contribution is -2.43. The van der Waals surface area contributed by atoms with Crippen molar-refractivity contribution in [1.29, 1.82) is 0 Å². The number of hydrogen-bond donors (Lipinski definition) is 2. The molecule has 0 radical (unpaired) electrons. The molecule has 0 heterocycles. The highest BCUT2D eigenvalue weighted by molar-refractivity contribution is 4.68. The Bertz CT molecular complexity index is 163. The lowest BCUT2D eigenvalue weighted by molar-refractivity contribution is -0.540. The van der Waals surface area contributed by atoms with Gasteiger partial charge in [0, 0.05) is 18.0 Å². The van der Waals surface area contributed by atoms with Crippen LogP contribution in [-0.2, 0) is 4.74 Å². The van der Waals surface area contributed by atoms with Crippen LogP contribution >= 0.6 is 0 Å². The molecule has 0 aromatic rings. The maximum atomic E-state index is 10.4. The number of rotatable bonds is 6. The molecule has 0 aliphatic rings. The topological polar surface area (TPSA) is 92.8 Å². The summed E-state index contributed by atoms with van der Waals surface area (Å²) in [4.78, 5) is 9.74. The lowest BCUT2D eigenvalue weighted by atomic mass is 10.1. The average molecular weight is 193 g/mol. The molecule has 13 heavy (non-hydrogen) atoms. The highest BCUT2D eigenvalue weighted by Gasteiger charge is 2.33. The van der Waals surface area contributed by atoms with Crippen molar-refractivity contribution in [2.45, 2.75) is 38.7 Å². The molecule has 2 N–H and O–H groups in total. The van der Waals surface area contributed by atoms with Crippen molar-refractivity contribution in [2.24, 2.45) is 0 Å². The first-order chi connectivity index (χ1) is 6.04. The predicted octanol–water partition coefficient (Wildman–Crippen LogP) is -0.242. The van der Waals surface area contributed by atoms with E-state index in [1.54, 1.807) is 13.8 Å². The summed E-state index contributed by atoms with van der Waals surface area (Å²) in [5.41, 5.74) is 0. The Balaban J connectivity index is 4.18. The van der Waals surface area contributed by atoms with Crippen LogP contribution in [0.4, 0.5) is 0 Å². The minimum Gasteiger partial charge on any atom is -0.381 e. The van der Waals surface area contributed by atoms with Gasteiger partial charge in [-0.1, -0.05) is 6.92 Å². The number of aliphatic hydroxyl groups excluding tert-OH is 2. The van der Waals surface area contributed by atoms with Crippen LogP contribution < -0.4 is 0 Å². The summed E-state index contributed by atoms with van der Waals surface area (Å²) in [6.07, 6.45) is -2.81. The monoisotopic (exact) mass is 193 g/mol. The number of ether oxygens (including phenoxy) is 1. The third-order valence-corrected chi connectivity index (χ3v) is 1.71. The molecule has 6 nitrogen and oxygen atoms in total. The SMILES string of the molecule is CCO[C@H](O)C(O)C(CC)[N+](=O)[O-]. The molecule has 0 saturated heterocycles. The molecule has 0 saturated carbocycles. The second kappa shape index (κ2) is 5.85. The third kappa shape index (κ3) is 3.67. The quantitative estimate of drug-likeness (QED) is 0.345. The molecule has 0 aromatic carbocycles. The fourth-order valence-corrected chi connectivity index (χ4v) is 0.975. The fourth-order valence-electron chi connectivity index (χ4n) is 0.975. The normalized spacial score (nSPS) is 17.8. The van der Waals surface area contributed by atoms with E-state index in [1.165, 1.54) is 0 Å². The lowest BCUT2D eigenvalue weighted by Gasteiger charge is -2.19. The van der Waals surface area contributed by atoms with Crippen molar-refractivity contribution >= 4 is 0 Å². The van der Waals surface area contributed by atoms with E-state index in [0.29, 0.717) is 0 Å². The molecule has 0 aliphatic carbocycles. The molecule has 0 aromatic heterocycles. The summed E-state index contributed by atoms with van der Waals surface area (Å²) in [6, 6.07) is -1.18. The van der Waals surface area contributed by atoms with Crippen LogP contribution in [0.1, 0.15) is 20.3 Å². The predicted molar refractivity (Wildman–Crippen MR) is 44.7 cm³/mol. The van der Waals surface area contributed by atoms with E-state index in [2.05, 4.69) is 4.74 Å². The fraction of sp³-hybridized carbons (Fsp3) is 1.00. The first-order valence-corrected chi connectivity index (χ1v) is 4.15. The minimum atomic E-state index is -1.49. The summed E-state index contributed by atoms with van der Waals surface area (Å²) in [5.74, 6) is 0. The van der Waals surface area contributed by atoms with Gasteiger partial charge in [0.05, 0.1) is 0 Å². The van der Waals surface area contributed by atoms with E-state index in [1.807, 2.05) is 0 Å². The van der Waals surface area contributed by atoms with Crippen LogP contribution in [0, 0.1) is 10.1 Å². The van der Waals surface area contributed by atoms with Gasteiger partial charge >= 0.3 is 0 Å². The largest absolute Gasteiger partial charge is 0.381 e. The molecular weight excluding hydrogens is 178 g/mol. The number of nitro groups is 1. The van der Waals surface area contributed by atoms with Crippen molar-refractivity contribution in [3.8, 4) is 0 Å². The summed E-state index contributed by atoms with van der Waals surface area (Å²) >= 11 is 0. The van der Waals surface area contributed by atoms with Gasteiger partial charge in [-0.05, 0) is 6.92 Å². The second-order valence-corrected chi connectivity index (χ2v) is 2.60. The zero-order valence-electron chi connectivity index (χ0n) is 7.71. The minimum absolute atomic E-state index is 0.151. The second-order valence-electron chi connectivity index (χ2n) is 2.60. The zero-order chi connectivity index (χ0) is 10.4. The van der Waals surface area contributed by atoms with Crippen LogP contribution in [0.15, 0.2) is 0 Å². The van der Waals surface area contributed by atoms with E-state index in [4.69, 9.17) is 5.11 Å². The first kappa shape index (κ1) is 12.3. The highest BCUT2D eigenvalue weighted by atomic mass is 16.6. The molecule has 2 unspecified atom stereocenters. The Hall–Kier alpha value is -0.720. The Morgan fingerprint density at radius 3 is 2.31 bits per heavy atom. The van der Waals surface area contributed by atoms with Crippen molar-refractivity contribution < 1.29 is 19.9 Å². The maximum absolute atomic E-state index is 10.4. The molecule has 0 aliphatic heterocycles. The maximum Gasteiger partial charge on any atom is 0.243 e.